The van der Waals surface area contributed by atoms with Crippen LogP contribution < -0.4 is 0 Å². The number of nitrogens with zero attached hydrogens (tertiary/aromatic N) is 1. The van der Waals surface area contributed by atoms with E-state index in [0.29, 0.717) is 12.0 Å². The Morgan fingerprint density at radius 3 is 2.59 bits per heavy atom. The highest BCUT2D eigenvalue weighted by Crippen LogP contribution is 2.30. The molecule has 2 aliphatic rings. The molecular formula is C13H23NO3. The SMILES string of the molecule is COC[C@H]1CCN(C2CCC(C(=O)O)CC2)C1. The molecule has 0 aromatic rings. The fourth-order valence-electron chi connectivity index (χ4n) is 3.25. The lowest BCUT2D eigenvalue weighted by molar-refractivity contribution is -0.143. The molecule has 17 heavy (non-hydrogen) atoms. The predicted octanol–water partition coefficient (Wildman–Crippen LogP) is 1.60. The van der Waals surface area contributed by atoms with E-state index in [-0.39, 0.29) is 5.92 Å². The van der Waals surface area contributed by atoms with Crippen LogP contribution in [-0.4, -0.2) is 48.8 Å². The second-order valence-electron chi connectivity index (χ2n) is 5.45. The normalized spacial score (nSPS) is 35.0. The molecule has 1 saturated carbocycles. The topological polar surface area (TPSA) is 49.8 Å². The third-order valence-electron chi connectivity index (χ3n) is 4.28. The highest BCUT2D eigenvalue weighted by molar-refractivity contribution is 5.70. The van der Waals surface area contributed by atoms with Crippen molar-refractivity contribution >= 4 is 5.97 Å². The summed E-state index contributed by atoms with van der Waals surface area (Å²) in [6, 6.07) is 0.618. The summed E-state index contributed by atoms with van der Waals surface area (Å²) in [5.74, 6) is -0.0250. The van der Waals surface area contributed by atoms with Crippen molar-refractivity contribution in [3.8, 4) is 0 Å². The maximum atomic E-state index is 10.9. The standard InChI is InChI=1S/C13H23NO3/c1-17-9-10-6-7-14(8-10)12-4-2-11(3-5-12)13(15)16/h10-12H,2-9H2,1H3,(H,15,16)/t10-,11?,12?/m0/s1. The molecule has 1 N–H and O–H groups in total. The average molecular weight is 241 g/mol. The molecule has 0 bridgehead atoms. The lowest BCUT2D eigenvalue weighted by Crippen LogP contribution is -2.38. The van der Waals surface area contributed by atoms with Crippen molar-refractivity contribution in [2.45, 2.75) is 38.1 Å². The van der Waals surface area contributed by atoms with Crippen molar-refractivity contribution < 1.29 is 14.6 Å². The van der Waals surface area contributed by atoms with E-state index in [1.54, 1.807) is 7.11 Å². The molecule has 98 valence electrons. The monoisotopic (exact) mass is 241 g/mol. The van der Waals surface area contributed by atoms with Crippen LogP contribution in [0.2, 0.25) is 0 Å². The Morgan fingerprint density at radius 2 is 2.00 bits per heavy atom. The van der Waals surface area contributed by atoms with Gasteiger partial charge in [0.2, 0.25) is 0 Å². The zero-order valence-corrected chi connectivity index (χ0v) is 10.6. The van der Waals surface area contributed by atoms with E-state index in [9.17, 15) is 4.79 Å². The van der Waals surface area contributed by atoms with Gasteiger partial charge in [0.05, 0.1) is 12.5 Å². The van der Waals surface area contributed by atoms with E-state index >= 15 is 0 Å². The molecule has 0 aromatic carbocycles. The minimum Gasteiger partial charge on any atom is -0.481 e. The Balaban J connectivity index is 1.76. The van der Waals surface area contributed by atoms with Crippen LogP contribution in [-0.2, 0) is 9.53 Å². The second kappa shape index (κ2) is 5.83. The van der Waals surface area contributed by atoms with Gasteiger partial charge in [0, 0.05) is 19.7 Å². The van der Waals surface area contributed by atoms with Crippen LogP contribution in [0.15, 0.2) is 0 Å². The van der Waals surface area contributed by atoms with Crippen LogP contribution in [0, 0.1) is 11.8 Å². The molecular weight excluding hydrogens is 218 g/mol. The lowest BCUT2D eigenvalue weighted by atomic mass is 9.85. The number of hydrogen-bond donors (Lipinski definition) is 1. The fraction of sp³-hybridized carbons (Fsp3) is 0.923. The third-order valence-corrected chi connectivity index (χ3v) is 4.28. The highest BCUT2D eigenvalue weighted by Gasteiger charge is 2.32. The van der Waals surface area contributed by atoms with Crippen LogP contribution in [0.4, 0.5) is 0 Å². The molecule has 0 aromatic heterocycles. The minimum absolute atomic E-state index is 0.0939. The first-order valence-corrected chi connectivity index (χ1v) is 6.66. The van der Waals surface area contributed by atoms with Gasteiger partial charge in [0.15, 0.2) is 0 Å². The number of hydrogen-bond acceptors (Lipinski definition) is 3. The molecule has 4 heteroatoms. The predicted molar refractivity (Wildman–Crippen MR) is 64.9 cm³/mol. The number of likely N-dealkylation sites (tertiary alicyclic amines) is 1. The maximum absolute atomic E-state index is 10.9. The molecule has 1 aliphatic carbocycles. The molecule has 1 heterocycles. The van der Waals surface area contributed by atoms with Gasteiger partial charge in [-0.05, 0) is 44.6 Å². The summed E-state index contributed by atoms with van der Waals surface area (Å²) in [6.07, 6.45) is 5.04. The number of ether oxygens (including phenoxy) is 1. The molecule has 0 radical (unpaired) electrons. The molecule has 1 saturated heterocycles. The first kappa shape index (κ1) is 12.8. The number of rotatable bonds is 4. The zero-order valence-electron chi connectivity index (χ0n) is 10.6. The van der Waals surface area contributed by atoms with Crippen LogP contribution >= 0.6 is 0 Å². The van der Waals surface area contributed by atoms with Gasteiger partial charge in [0.1, 0.15) is 0 Å². The van der Waals surface area contributed by atoms with Crippen LogP contribution in [0.25, 0.3) is 0 Å². The second-order valence-corrected chi connectivity index (χ2v) is 5.45. The Hall–Kier alpha value is -0.610. The largest absolute Gasteiger partial charge is 0.481 e. The highest BCUT2D eigenvalue weighted by atomic mass is 16.5. The molecule has 0 spiro atoms. The molecule has 0 unspecified atom stereocenters. The molecule has 1 atom stereocenters. The number of carboxylic acids is 1. The lowest BCUT2D eigenvalue weighted by Gasteiger charge is -2.33. The summed E-state index contributed by atoms with van der Waals surface area (Å²) in [4.78, 5) is 13.4. The van der Waals surface area contributed by atoms with E-state index in [0.717, 1.165) is 45.4 Å². The fourth-order valence-corrected chi connectivity index (χ4v) is 3.25. The van der Waals surface area contributed by atoms with Crippen molar-refractivity contribution in [2.24, 2.45) is 11.8 Å². The average Bonchev–Trinajstić information content (AvgIpc) is 2.78. The van der Waals surface area contributed by atoms with Gasteiger partial charge < -0.3 is 14.7 Å². The van der Waals surface area contributed by atoms with E-state index in [1.165, 1.54) is 6.42 Å². The third kappa shape index (κ3) is 3.19. The molecule has 1 aliphatic heterocycles. The first-order chi connectivity index (χ1) is 8.20. The van der Waals surface area contributed by atoms with E-state index in [2.05, 4.69) is 4.90 Å². The molecule has 0 amide bonds. The van der Waals surface area contributed by atoms with Crippen LogP contribution in [0.5, 0.6) is 0 Å². The van der Waals surface area contributed by atoms with Crippen molar-refractivity contribution in [2.75, 3.05) is 26.8 Å². The van der Waals surface area contributed by atoms with Gasteiger partial charge in [-0.25, -0.2) is 0 Å². The maximum Gasteiger partial charge on any atom is 0.306 e. The summed E-state index contributed by atoms with van der Waals surface area (Å²) < 4.78 is 5.21. The Bertz CT molecular complexity index is 261. The Kier molecular flexibility index (Phi) is 4.40. The summed E-state index contributed by atoms with van der Waals surface area (Å²) in [5, 5.41) is 8.97. The Labute approximate surface area is 103 Å². The van der Waals surface area contributed by atoms with Crippen LogP contribution in [0.3, 0.4) is 0 Å². The molecule has 2 rings (SSSR count). The summed E-state index contributed by atoms with van der Waals surface area (Å²) in [7, 11) is 1.76. The van der Waals surface area contributed by atoms with Gasteiger partial charge in [-0.15, -0.1) is 0 Å². The number of methoxy groups -OCH3 is 1. The number of aliphatic carboxylic acids is 1. The smallest absolute Gasteiger partial charge is 0.306 e. The molecule has 4 nitrogen and oxygen atoms in total. The minimum atomic E-state index is -0.609. The molecule has 2 fully saturated rings. The van der Waals surface area contributed by atoms with Gasteiger partial charge in [-0.1, -0.05) is 0 Å². The summed E-state index contributed by atoms with van der Waals surface area (Å²) in [6.45, 7) is 3.16. The summed E-state index contributed by atoms with van der Waals surface area (Å²) in [5.41, 5.74) is 0. The van der Waals surface area contributed by atoms with Crippen molar-refractivity contribution in [1.82, 2.24) is 4.90 Å². The van der Waals surface area contributed by atoms with E-state index < -0.39 is 5.97 Å². The van der Waals surface area contributed by atoms with E-state index in [1.807, 2.05) is 0 Å². The van der Waals surface area contributed by atoms with Crippen LogP contribution in [0.1, 0.15) is 32.1 Å². The van der Waals surface area contributed by atoms with E-state index in [4.69, 9.17) is 9.84 Å². The van der Waals surface area contributed by atoms with Gasteiger partial charge in [-0.3, -0.25) is 4.79 Å². The van der Waals surface area contributed by atoms with Crippen molar-refractivity contribution in [1.29, 1.82) is 0 Å². The number of carbonyl (C=O) groups is 1. The number of carboxylic acid groups (broad SMARTS) is 1. The van der Waals surface area contributed by atoms with Gasteiger partial charge >= 0.3 is 5.97 Å². The van der Waals surface area contributed by atoms with Gasteiger partial charge in [-0.2, -0.15) is 0 Å². The quantitative estimate of drug-likeness (QED) is 0.812. The van der Waals surface area contributed by atoms with Gasteiger partial charge in [0.25, 0.3) is 0 Å². The van der Waals surface area contributed by atoms with Crippen molar-refractivity contribution in [3.05, 3.63) is 0 Å². The first-order valence-electron chi connectivity index (χ1n) is 6.66. The Morgan fingerprint density at radius 1 is 1.29 bits per heavy atom. The zero-order chi connectivity index (χ0) is 12.3. The van der Waals surface area contributed by atoms with Crippen molar-refractivity contribution in [3.63, 3.8) is 0 Å². The summed E-state index contributed by atoms with van der Waals surface area (Å²) >= 11 is 0.